The molecule has 0 N–H and O–H groups in total. The highest BCUT2D eigenvalue weighted by molar-refractivity contribution is 5.04. The lowest BCUT2D eigenvalue weighted by Gasteiger charge is -2.05. The molecule has 0 aliphatic heterocycles. The Morgan fingerprint density at radius 2 is 2.20 bits per heavy atom. The molecule has 1 aliphatic carbocycles. The zero-order chi connectivity index (χ0) is 7.40. The predicted octanol–water partition coefficient (Wildman–Crippen LogP) is 2.73. The molecule has 1 aliphatic rings. The number of allylic oxidation sites excluding steroid dienone is 2. The van der Waals surface area contributed by atoms with Gasteiger partial charge in [-0.3, -0.25) is 0 Å². The summed E-state index contributed by atoms with van der Waals surface area (Å²) in [6, 6.07) is 0. The molecule has 0 amide bonds. The van der Waals surface area contributed by atoms with E-state index in [-0.39, 0.29) is 0 Å². The second-order valence-electron chi connectivity index (χ2n) is 2.72. The minimum atomic E-state index is 0.778. The maximum atomic E-state index is 5.47. The van der Waals surface area contributed by atoms with Crippen LogP contribution in [0.5, 0.6) is 0 Å². The van der Waals surface area contributed by atoms with E-state index in [0.717, 1.165) is 18.9 Å². The zero-order valence-corrected chi connectivity index (χ0v) is 6.89. The van der Waals surface area contributed by atoms with Gasteiger partial charge in [0.1, 0.15) is 0 Å². The van der Waals surface area contributed by atoms with Crippen molar-refractivity contribution < 1.29 is 4.74 Å². The summed E-state index contributed by atoms with van der Waals surface area (Å²) in [5.41, 5.74) is 0. The molecule has 58 valence electrons. The molecule has 0 aromatic heterocycles. The highest BCUT2D eigenvalue weighted by atomic mass is 16.5. The van der Waals surface area contributed by atoms with Crippen LogP contribution in [-0.4, -0.2) is 6.61 Å². The molecule has 1 fully saturated rings. The second kappa shape index (κ2) is 3.65. The van der Waals surface area contributed by atoms with Gasteiger partial charge in [0.2, 0.25) is 0 Å². The van der Waals surface area contributed by atoms with E-state index < -0.39 is 0 Å². The quantitative estimate of drug-likeness (QED) is 0.545. The average molecular weight is 140 g/mol. The molecule has 1 heteroatoms. The SMILES string of the molecule is CC/C=C(/OCC)C1CC1. The van der Waals surface area contributed by atoms with E-state index in [4.69, 9.17) is 4.74 Å². The van der Waals surface area contributed by atoms with Crippen LogP contribution in [0.15, 0.2) is 11.8 Å². The predicted molar refractivity (Wildman–Crippen MR) is 42.7 cm³/mol. The maximum Gasteiger partial charge on any atom is 0.0950 e. The first-order valence-electron chi connectivity index (χ1n) is 4.21. The van der Waals surface area contributed by atoms with E-state index in [0.29, 0.717) is 0 Å². The van der Waals surface area contributed by atoms with Crippen LogP contribution in [0, 0.1) is 5.92 Å². The van der Waals surface area contributed by atoms with Crippen molar-refractivity contribution in [1.29, 1.82) is 0 Å². The van der Waals surface area contributed by atoms with Crippen molar-refractivity contribution in [1.82, 2.24) is 0 Å². The molecule has 0 aromatic rings. The van der Waals surface area contributed by atoms with Gasteiger partial charge in [0.05, 0.1) is 12.4 Å². The molecule has 1 saturated carbocycles. The second-order valence-corrected chi connectivity index (χ2v) is 2.72. The van der Waals surface area contributed by atoms with Crippen molar-refractivity contribution >= 4 is 0 Å². The number of hydrogen-bond donors (Lipinski definition) is 0. The number of rotatable bonds is 4. The van der Waals surface area contributed by atoms with E-state index in [2.05, 4.69) is 13.0 Å². The molecule has 0 heterocycles. The zero-order valence-electron chi connectivity index (χ0n) is 6.89. The maximum absolute atomic E-state index is 5.47. The smallest absolute Gasteiger partial charge is 0.0950 e. The summed E-state index contributed by atoms with van der Waals surface area (Å²) < 4.78 is 5.47. The van der Waals surface area contributed by atoms with Gasteiger partial charge in [-0.05, 0) is 32.3 Å². The topological polar surface area (TPSA) is 9.23 Å². The van der Waals surface area contributed by atoms with Gasteiger partial charge in [-0.2, -0.15) is 0 Å². The fraction of sp³-hybridized carbons (Fsp3) is 0.778. The summed E-state index contributed by atoms with van der Waals surface area (Å²) in [6.45, 7) is 5.02. The van der Waals surface area contributed by atoms with Gasteiger partial charge in [0.15, 0.2) is 0 Å². The normalized spacial score (nSPS) is 19.2. The summed E-state index contributed by atoms with van der Waals surface area (Å²) in [7, 11) is 0. The molecule has 10 heavy (non-hydrogen) atoms. The summed E-state index contributed by atoms with van der Waals surface area (Å²) >= 11 is 0. The number of ether oxygens (including phenoxy) is 1. The first-order valence-corrected chi connectivity index (χ1v) is 4.21. The largest absolute Gasteiger partial charge is 0.498 e. The van der Waals surface area contributed by atoms with Crippen LogP contribution >= 0.6 is 0 Å². The van der Waals surface area contributed by atoms with E-state index in [9.17, 15) is 0 Å². The molecule has 0 saturated heterocycles. The fourth-order valence-electron chi connectivity index (χ4n) is 1.08. The third-order valence-electron chi connectivity index (χ3n) is 1.70. The van der Waals surface area contributed by atoms with E-state index in [1.807, 2.05) is 6.92 Å². The van der Waals surface area contributed by atoms with E-state index in [1.54, 1.807) is 0 Å². The third-order valence-corrected chi connectivity index (χ3v) is 1.70. The van der Waals surface area contributed by atoms with Gasteiger partial charge in [-0.1, -0.05) is 6.92 Å². The van der Waals surface area contributed by atoms with Gasteiger partial charge in [0, 0.05) is 5.92 Å². The van der Waals surface area contributed by atoms with Crippen molar-refractivity contribution in [3.05, 3.63) is 11.8 Å². The molecule has 1 rings (SSSR count). The summed E-state index contributed by atoms with van der Waals surface area (Å²) in [6.07, 6.45) is 5.99. The standard InChI is InChI=1S/C9H16O/c1-3-5-9(10-4-2)8-6-7-8/h5,8H,3-4,6-7H2,1-2H3/b9-5+. The lowest BCUT2D eigenvalue weighted by Crippen LogP contribution is -1.92. The van der Waals surface area contributed by atoms with Gasteiger partial charge in [-0.15, -0.1) is 0 Å². The van der Waals surface area contributed by atoms with Crippen LogP contribution < -0.4 is 0 Å². The summed E-state index contributed by atoms with van der Waals surface area (Å²) in [5.74, 6) is 2.02. The molecule has 0 unspecified atom stereocenters. The van der Waals surface area contributed by atoms with Crippen LogP contribution in [-0.2, 0) is 4.74 Å². The van der Waals surface area contributed by atoms with Crippen molar-refractivity contribution in [2.75, 3.05) is 6.61 Å². The van der Waals surface area contributed by atoms with Crippen LogP contribution in [0.1, 0.15) is 33.1 Å². The van der Waals surface area contributed by atoms with Gasteiger partial charge >= 0.3 is 0 Å². The minimum absolute atomic E-state index is 0.778. The van der Waals surface area contributed by atoms with Crippen LogP contribution in [0.3, 0.4) is 0 Å². The molecule has 0 aromatic carbocycles. The van der Waals surface area contributed by atoms with Crippen LogP contribution in [0.2, 0.25) is 0 Å². The lowest BCUT2D eigenvalue weighted by atomic mass is 10.3. The fourth-order valence-corrected chi connectivity index (χ4v) is 1.08. The van der Waals surface area contributed by atoms with Crippen molar-refractivity contribution in [2.45, 2.75) is 33.1 Å². The molecule has 1 nitrogen and oxygen atoms in total. The Morgan fingerprint density at radius 3 is 2.60 bits per heavy atom. The minimum Gasteiger partial charge on any atom is -0.498 e. The summed E-state index contributed by atoms with van der Waals surface area (Å²) in [4.78, 5) is 0. The first-order chi connectivity index (χ1) is 4.88. The van der Waals surface area contributed by atoms with Crippen molar-refractivity contribution in [3.63, 3.8) is 0 Å². The molecule has 0 radical (unpaired) electrons. The van der Waals surface area contributed by atoms with Crippen LogP contribution in [0.4, 0.5) is 0 Å². The van der Waals surface area contributed by atoms with E-state index >= 15 is 0 Å². The third kappa shape index (κ3) is 2.05. The molecular formula is C9H16O. The molecule has 0 spiro atoms. The Labute approximate surface area is 63.1 Å². The molecular weight excluding hydrogens is 124 g/mol. The Balaban J connectivity index is 2.33. The number of hydrogen-bond acceptors (Lipinski definition) is 1. The summed E-state index contributed by atoms with van der Waals surface area (Å²) in [5, 5.41) is 0. The monoisotopic (exact) mass is 140 g/mol. The molecule has 0 atom stereocenters. The van der Waals surface area contributed by atoms with Gasteiger partial charge in [0.25, 0.3) is 0 Å². The Kier molecular flexibility index (Phi) is 2.79. The average Bonchev–Trinajstić information content (AvgIpc) is 2.69. The van der Waals surface area contributed by atoms with Gasteiger partial charge in [-0.25, -0.2) is 0 Å². The Bertz CT molecular complexity index is 123. The van der Waals surface area contributed by atoms with E-state index in [1.165, 1.54) is 18.6 Å². The Hall–Kier alpha value is -0.460. The van der Waals surface area contributed by atoms with Crippen molar-refractivity contribution in [3.8, 4) is 0 Å². The molecule has 0 bridgehead atoms. The van der Waals surface area contributed by atoms with Crippen LogP contribution in [0.25, 0.3) is 0 Å². The van der Waals surface area contributed by atoms with Crippen molar-refractivity contribution in [2.24, 2.45) is 5.92 Å². The lowest BCUT2D eigenvalue weighted by molar-refractivity contribution is 0.211. The Morgan fingerprint density at radius 1 is 1.50 bits per heavy atom. The van der Waals surface area contributed by atoms with Gasteiger partial charge < -0.3 is 4.74 Å². The first kappa shape index (κ1) is 7.64. The highest BCUT2D eigenvalue weighted by Gasteiger charge is 2.26. The highest BCUT2D eigenvalue weighted by Crippen LogP contribution is 2.36.